The minimum absolute atomic E-state index is 0.272. The molecule has 0 aromatic carbocycles. The first kappa shape index (κ1) is 12.6. The number of pyridine rings is 1. The fourth-order valence-electron chi connectivity index (χ4n) is 2.44. The Morgan fingerprint density at radius 3 is 3.11 bits per heavy atom. The van der Waals surface area contributed by atoms with Crippen molar-refractivity contribution in [2.24, 2.45) is 0 Å². The summed E-state index contributed by atoms with van der Waals surface area (Å²) in [7, 11) is 0. The van der Waals surface area contributed by atoms with Gasteiger partial charge in [-0.15, -0.1) is 11.3 Å². The second kappa shape index (κ2) is 5.72. The molecule has 1 saturated heterocycles. The van der Waals surface area contributed by atoms with E-state index < -0.39 is 0 Å². The van der Waals surface area contributed by atoms with E-state index in [4.69, 9.17) is 4.74 Å². The van der Waals surface area contributed by atoms with Crippen molar-refractivity contribution in [1.82, 2.24) is 9.88 Å². The van der Waals surface area contributed by atoms with E-state index in [1.807, 2.05) is 29.5 Å². The quantitative estimate of drug-likeness (QED) is 0.856. The number of thiophene rings is 1. The van der Waals surface area contributed by atoms with Gasteiger partial charge in [-0.2, -0.15) is 0 Å². The van der Waals surface area contributed by atoms with Crippen LogP contribution in [0.5, 0.6) is 5.88 Å². The molecule has 2 aromatic rings. The maximum absolute atomic E-state index is 5.90. The maximum Gasteiger partial charge on any atom is 0.213 e. The van der Waals surface area contributed by atoms with Crippen LogP contribution >= 0.6 is 11.3 Å². The van der Waals surface area contributed by atoms with Gasteiger partial charge in [0.05, 0.1) is 0 Å². The van der Waals surface area contributed by atoms with Gasteiger partial charge >= 0.3 is 0 Å². The first-order chi connectivity index (χ1) is 9.31. The summed E-state index contributed by atoms with van der Waals surface area (Å²) in [5.74, 6) is 0.737. The fraction of sp³-hybridized carbons (Fsp3) is 0.400. The van der Waals surface area contributed by atoms with Gasteiger partial charge in [-0.05, 0) is 36.4 Å². The highest BCUT2D eigenvalue weighted by atomic mass is 32.1. The summed E-state index contributed by atoms with van der Waals surface area (Å²) in [5, 5.41) is 2.17. The van der Waals surface area contributed by atoms with Crippen LogP contribution < -0.4 is 4.74 Å². The molecule has 0 aliphatic carbocycles. The van der Waals surface area contributed by atoms with E-state index in [9.17, 15) is 0 Å². The van der Waals surface area contributed by atoms with Crippen molar-refractivity contribution >= 4 is 11.3 Å². The number of aromatic nitrogens is 1. The van der Waals surface area contributed by atoms with E-state index in [1.165, 1.54) is 10.4 Å². The van der Waals surface area contributed by atoms with Crippen molar-refractivity contribution in [3.63, 3.8) is 0 Å². The third kappa shape index (κ3) is 3.14. The molecule has 0 radical (unpaired) electrons. The van der Waals surface area contributed by atoms with Crippen LogP contribution in [0.15, 0.2) is 35.8 Å². The molecule has 1 aliphatic heterocycles. The standard InChI is InChI=1S/C15H18N2OS/c1-12-13(6-9-19-12)10-17-8-5-14(11-17)18-15-4-2-3-7-16-15/h2-4,6-7,9,14H,5,8,10-11H2,1H3. The van der Waals surface area contributed by atoms with E-state index >= 15 is 0 Å². The summed E-state index contributed by atoms with van der Waals surface area (Å²) in [6.45, 7) is 5.33. The predicted octanol–water partition coefficient (Wildman–Crippen LogP) is 3.10. The third-order valence-corrected chi connectivity index (χ3v) is 4.40. The molecule has 1 fully saturated rings. The van der Waals surface area contributed by atoms with Gasteiger partial charge in [-0.1, -0.05) is 6.07 Å². The summed E-state index contributed by atoms with van der Waals surface area (Å²) in [6.07, 6.45) is 3.13. The fourth-order valence-corrected chi connectivity index (χ4v) is 3.16. The van der Waals surface area contributed by atoms with Gasteiger partial charge in [0.15, 0.2) is 0 Å². The molecular weight excluding hydrogens is 256 g/mol. The summed E-state index contributed by atoms with van der Waals surface area (Å²) in [6, 6.07) is 8.02. The summed E-state index contributed by atoms with van der Waals surface area (Å²) in [4.78, 5) is 8.10. The largest absolute Gasteiger partial charge is 0.473 e. The van der Waals surface area contributed by atoms with Crippen molar-refractivity contribution in [3.05, 3.63) is 46.3 Å². The first-order valence-corrected chi connectivity index (χ1v) is 7.52. The van der Waals surface area contributed by atoms with E-state index in [2.05, 4.69) is 28.3 Å². The van der Waals surface area contributed by atoms with E-state index in [0.717, 1.165) is 31.9 Å². The van der Waals surface area contributed by atoms with Crippen LogP contribution in [0.25, 0.3) is 0 Å². The third-order valence-electron chi connectivity index (χ3n) is 3.51. The SMILES string of the molecule is Cc1sccc1CN1CCC(Oc2ccccn2)C1. The smallest absolute Gasteiger partial charge is 0.213 e. The second-order valence-corrected chi connectivity index (χ2v) is 6.05. The van der Waals surface area contributed by atoms with Gasteiger partial charge in [0.2, 0.25) is 5.88 Å². The van der Waals surface area contributed by atoms with Crippen LogP contribution in [0.2, 0.25) is 0 Å². The molecule has 0 N–H and O–H groups in total. The van der Waals surface area contributed by atoms with Gasteiger partial charge in [-0.25, -0.2) is 4.98 Å². The molecule has 1 atom stereocenters. The molecule has 100 valence electrons. The molecule has 1 unspecified atom stereocenters. The van der Waals surface area contributed by atoms with Crippen LogP contribution in [0.3, 0.4) is 0 Å². The number of rotatable bonds is 4. The van der Waals surface area contributed by atoms with Crippen molar-refractivity contribution in [1.29, 1.82) is 0 Å². The van der Waals surface area contributed by atoms with Gasteiger partial charge in [0.25, 0.3) is 0 Å². The highest BCUT2D eigenvalue weighted by molar-refractivity contribution is 7.10. The highest BCUT2D eigenvalue weighted by Crippen LogP contribution is 2.21. The van der Waals surface area contributed by atoms with Gasteiger partial charge < -0.3 is 4.74 Å². The predicted molar refractivity (Wildman–Crippen MR) is 77.6 cm³/mol. The maximum atomic E-state index is 5.90. The monoisotopic (exact) mass is 274 g/mol. The molecule has 4 heteroatoms. The van der Waals surface area contributed by atoms with Crippen LogP contribution in [-0.2, 0) is 6.54 Å². The summed E-state index contributed by atoms with van der Waals surface area (Å²) in [5.41, 5.74) is 1.45. The molecule has 1 aliphatic rings. The molecule has 3 rings (SSSR count). The average molecular weight is 274 g/mol. The lowest BCUT2D eigenvalue weighted by molar-refractivity contribution is 0.191. The molecule has 3 nitrogen and oxygen atoms in total. The first-order valence-electron chi connectivity index (χ1n) is 6.64. The Bertz CT molecular complexity index is 526. The van der Waals surface area contributed by atoms with Gasteiger partial charge in [-0.3, -0.25) is 4.90 Å². The molecule has 0 amide bonds. The molecule has 2 aromatic heterocycles. The van der Waals surface area contributed by atoms with Crippen LogP contribution in [0.4, 0.5) is 0 Å². The topological polar surface area (TPSA) is 25.4 Å². The number of aryl methyl sites for hydroxylation is 1. The Hall–Kier alpha value is -1.39. The Balaban J connectivity index is 1.54. The zero-order valence-electron chi connectivity index (χ0n) is 11.1. The summed E-state index contributed by atoms with van der Waals surface area (Å²) >= 11 is 1.82. The number of hydrogen-bond acceptors (Lipinski definition) is 4. The van der Waals surface area contributed by atoms with Crippen LogP contribution in [0.1, 0.15) is 16.9 Å². The Morgan fingerprint density at radius 1 is 1.42 bits per heavy atom. The zero-order chi connectivity index (χ0) is 13.1. The lowest BCUT2D eigenvalue weighted by atomic mass is 10.2. The minimum Gasteiger partial charge on any atom is -0.473 e. The van der Waals surface area contributed by atoms with E-state index in [-0.39, 0.29) is 6.10 Å². The lowest BCUT2D eigenvalue weighted by Crippen LogP contribution is -2.24. The van der Waals surface area contributed by atoms with E-state index in [0.29, 0.717) is 0 Å². The molecular formula is C15H18N2OS. The molecule has 0 bridgehead atoms. The molecule has 3 heterocycles. The highest BCUT2D eigenvalue weighted by Gasteiger charge is 2.24. The van der Waals surface area contributed by atoms with Crippen LogP contribution in [0, 0.1) is 6.92 Å². The number of likely N-dealkylation sites (tertiary alicyclic amines) is 1. The van der Waals surface area contributed by atoms with E-state index in [1.54, 1.807) is 6.20 Å². The van der Waals surface area contributed by atoms with Crippen molar-refractivity contribution in [3.8, 4) is 5.88 Å². The van der Waals surface area contributed by atoms with Crippen LogP contribution in [-0.4, -0.2) is 29.1 Å². The number of ether oxygens (including phenoxy) is 1. The Kier molecular flexibility index (Phi) is 3.80. The Morgan fingerprint density at radius 2 is 2.37 bits per heavy atom. The molecule has 19 heavy (non-hydrogen) atoms. The average Bonchev–Trinajstić information content (AvgIpc) is 3.02. The normalized spacial score (nSPS) is 19.7. The van der Waals surface area contributed by atoms with Gasteiger partial charge in [0.1, 0.15) is 6.10 Å². The second-order valence-electron chi connectivity index (χ2n) is 4.93. The van der Waals surface area contributed by atoms with Crippen molar-refractivity contribution in [2.75, 3.05) is 13.1 Å². The Labute approximate surface area is 117 Å². The number of hydrogen-bond donors (Lipinski definition) is 0. The van der Waals surface area contributed by atoms with Gasteiger partial charge in [0, 0.05) is 36.8 Å². The summed E-state index contributed by atoms with van der Waals surface area (Å²) < 4.78 is 5.90. The zero-order valence-corrected chi connectivity index (χ0v) is 11.9. The molecule has 0 spiro atoms. The van der Waals surface area contributed by atoms with Crippen molar-refractivity contribution < 1.29 is 4.74 Å². The minimum atomic E-state index is 0.272. The molecule has 0 saturated carbocycles. The number of nitrogens with zero attached hydrogens (tertiary/aromatic N) is 2. The van der Waals surface area contributed by atoms with Crippen molar-refractivity contribution in [2.45, 2.75) is 26.0 Å². The lowest BCUT2D eigenvalue weighted by Gasteiger charge is -2.16.